The molecule has 0 saturated heterocycles. The van der Waals surface area contributed by atoms with E-state index in [2.05, 4.69) is 69.3 Å². The van der Waals surface area contributed by atoms with Gasteiger partial charge < -0.3 is 9.73 Å². The fraction of sp³-hybridized carbons (Fsp3) is 0.500. The lowest BCUT2D eigenvalue weighted by molar-refractivity contribution is 0.345. The number of fused-ring (bicyclic) bond motifs is 1. The van der Waals surface area contributed by atoms with Crippen molar-refractivity contribution in [1.29, 1.82) is 0 Å². The molecule has 25 heavy (non-hydrogen) atoms. The van der Waals surface area contributed by atoms with Gasteiger partial charge in [0.15, 0.2) is 0 Å². The van der Waals surface area contributed by atoms with Gasteiger partial charge >= 0.3 is 0 Å². The number of para-hydroxylation sites is 1. The summed E-state index contributed by atoms with van der Waals surface area (Å²) in [6.07, 6.45) is 2.01. The van der Waals surface area contributed by atoms with E-state index in [9.17, 15) is 0 Å². The molecule has 0 aliphatic heterocycles. The molecule has 1 N–H and O–H groups in total. The van der Waals surface area contributed by atoms with Gasteiger partial charge in [-0.3, -0.25) is 0 Å². The van der Waals surface area contributed by atoms with Gasteiger partial charge in [0.05, 0.1) is 23.5 Å². The number of nitrogens with zero attached hydrogens (tertiary/aromatic N) is 3. The van der Waals surface area contributed by atoms with E-state index in [-0.39, 0.29) is 11.6 Å². The average Bonchev–Trinajstić information content (AvgIpc) is 3.13. The van der Waals surface area contributed by atoms with Crippen molar-refractivity contribution in [2.75, 3.05) is 0 Å². The molecular formula is C20H28N4O. The van der Waals surface area contributed by atoms with Crippen LogP contribution in [0.15, 0.2) is 34.9 Å². The summed E-state index contributed by atoms with van der Waals surface area (Å²) in [4.78, 5) is 0. The van der Waals surface area contributed by atoms with E-state index in [0.717, 1.165) is 17.0 Å². The van der Waals surface area contributed by atoms with Crippen LogP contribution in [0.1, 0.15) is 57.7 Å². The van der Waals surface area contributed by atoms with Crippen LogP contribution in [0.2, 0.25) is 0 Å². The first kappa shape index (κ1) is 17.7. The second-order valence-electron chi connectivity index (χ2n) is 8.02. The highest BCUT2D eigenvalue weighted by atomic mass is 16.3. The minimum absolute atomic E-state index is 0.0575. The molecular weight excluding hydrogens is 312 g/mol. The van der Waals surface area contributed by atoms with Gasteiger partial charge in [-0.15, -0.1) is 5.10 Å². The largest absolute Gasteiger partial charge is 0.459 e. The molecule has 134 valence electrons. The molecule has 0 amide bonds. The lowest BCUT2D eigenvalue weighted by Crippen LogP contribution is -2.26. The van der Waals surface area contributed by atoms with E-state index >= 15 is 0 Å². The van der Waals surface area contributed by atoms with Crippen molar-refractivity contribution < 1.29 is 4.42 Å². The molecule has 0 bridgehead atoms. The maximum absolute atomic E-state index is 6.17. The minimum Gasteiger partial charge on any atom is -0.459 e. The average molecular weight is 340 g/mol. The SMILES string of the molecule is Cc1c(C(NCc2cn(C(C)(C)C)nn2)C(C)C)oc2ccccc12. The number of rotatable bonds is 5. The van der Waals surface area contributed by atoms with Crippen LogP contribution in [0.5, 0.6) is 0 Å². The summed E-state index contributed by atoms with van der Waals surface area (Å²) in [6, 6.07) is 8.34. The third-order valence-corrected chi connectivity index (χ3v) is 4.56. The Morgan fingerprint density at radius 1 is 1.20 bits per heavy atom. The predicted molar refractivity (Wildman–Crippen MR) is 100 cm³/mol. The topological polar surface area (TPSA) is 55.9 Å². The maximum Gasteiger partial charge on any atom is 0.134 e. The van der Waals surface area contributed by atoms with E-state index in [4.69, 9.17) is 4.42 Å². The van der Waals surface area contributed by atoms with Crippen molar-refractivity contribution in [3.05, 3.63) is 47.5 Å². The predicted octanol–water partition coefficient (Wildman–Crippen LogP) is 4.57. The summed E-state index contributed by atoms with van der Waals surface area (Å²) in [5.74, 6) is 1.41. The summed E-state index contributed by atoms with van der Waals surface area (Å²) in [5, 5.41) is 13.3. The molecule has 0 aliphatic rings. The van der Waals surface area contributed by atoms with Crippen molar-refractivity contribution in [3.63, 3.8) is 0 Å². The molecule has 5 heteroatoms. The van der Waals surface area contributed by atoms with Crippen LogP contribution < -0.4 is 5.32 Å². The standard InChI is InChI=1S/C20H28N4O/c1-13(2)18(19-14(3)16-9-7-8-10-17(16)25-19)21-11-15-12-24(23-22-15)20(4,5)6/h7-10,12-13,18,21H,11H2,1-6H3. The zero-order valence-corrected chi connectivity index (χ0v) is 16.0. The Morgan fingerprint density at radius 3 is 2.52 bits per heavy atom. The van der Waals surface area contributed by atoms with E-state index in [1.807, 2.05) is 23.0 Å². The Labute approximate surface area is 149 Å². The maximum atomic E-state index is 6.17. The molecule has 5 nitrogen and oxygen atoms in total. The number of benzene rings is 1. The Bertz CT molecular complexity index is 854. The number of furan rings is 1. The van der Waals surface area contributed by atoms with Crippen LogP contribution in [0.25, 0.3) is 11.0 Å². The lowest BCUT2D eigenvalue weighted by atomic mass is 9.98. The lowest BCUT2D eigenvalue weighted by Gasteiger charge is -2.21. The summed E-state index contributed by atoms with van der Waals surface area (Å²) in [6.45, 7) is 13.6. The second kappa shape index (κ2) is 6.64. The normalized spacial score (nSPS) is 13.7. The summed E-state index contributed by atoms with van der Waals surface area (Å²) in [5.41, 5.74) is 3.04. The molecule has 3 aromatic rings. The third-order valence-electron chi connectivity index (χ3n) is 4.56. The smallest absolute Gasteiger partial charge is 0.134 e. The molecule has 1 aromatic carbocycles. The van der Waals surface area contributed by atoms with Crippen molar-refractivity contribution >= 4 is 11.0 Å². The number of aryl methyl sites for hydroxylation is 1. The quantitative estimate of drug-likeness (QED) is 0.739. The molecule has 2 aromatic heterocycles. The van der Waals surface area contributed by atoms with Gasteiger partial charge in [0, 0.05) is 11.9 Å². The van der Waals surface area contributed by atoms with E-state index in [1.54, 1.807) is 0 Å². The van der Waals surface area contributed by atoms with Gasteiger partial charge in [0.25, 0.3) is 0 Å². The van der Waals surface area contributed by atoms with Crippen LogP contribution in [-0.2, 0) is 12.1 Å². The van der Waals surface area contributed by atoms with Crippen molar-refractivity contribution in [2.24, 2.45) is 5.92 Å². The van der Waals surface area contributed by atoms with Gasteiger partial charge in [-0.1, -0.05) is 37.3 Å². The van der Waals surface area contributed by atoms with Gasteiger partial charge in [-0.2, -0.15) is 0 Å². The van der Waals surface area contributed by atoms with Crippen molar-refractivity contribution in [3.8, 4) is 0 Å². The Balaban J connectivity index is 1.82. The molecule has 0 aliphatic carbocycles. The minimum atomic E-state index is -0.0575. The number of nitrogens with one attached hydrogen (secondary N) is 1. The van der Waals surface area contributed by atoms with Crippen LogP contribution >= 0.6 is 0 Å². The molecule has 1 atom stereocenters. The van der Waals surface area contributed by atoms with Crippen LogP contribution in [0.3, 0.4) is 0 Å². The Morgan fingerprint density at radius 2 is 1.92 bits per heavy atom. The highest BCUT2D eigenvalue weighted by Crippen LogP contribution is 2.32. The number of aromatic nitrogens is 3. The first-order valence-electron chi connectivity index (χ1n) is 8.90. The van der Waals surface area contributed by atoms with Gasteiger partial charge in [0.2, 0.25) is 0 Å². The van der Waals surface area contributed by atoms with Gasteiger partial charge in [-0.25, -0.2) is 4.68 Å². The highest BCUT2D eigenvalue weighted by molar-refractivity contribution is 5.82. The molecule has 0 saturated carbocycles. The monoisotopic (exact) mass is 340 g/mol. The number of hydrogen-bond donors (Lipinski definition) is 1. The molecule has 3 rings (SSSR count). The first-order valence-corrected chi connectivity index (χ1v) is 8.90. The summed E-state index contributed by atoms with van der Waals surface area (Å²) < 4.78 is 8.07. The Hall–Kier alpha value is -2.14. The fourth-order valence-corrected chi connectivity index (χ4v) is 3.04. The molecule has 1 unspecified atom stereocenters. The number of hydrogen-bond acceptors (Lipinski definition) is 4. The van der Waals surface area contributed by atoms with Gasteiger partial charge in [0.1, 0.15) is 11.3 Å². The molecule has 0 radical (unpaired) electrons. The summed E-state index contributed by atoms with van der Waals surface area (Å²) >= 11 is 0. The Kier molecular flexibility index (Phi) is 4.69. The van der Waals surface area contributed by atoms with Crippen molar-refractivity contribution in [2.45, 2.75) is 59.7 Å². The van der Waals surface area contributed by atoms with E-state index in [0.29, 0.717) is 12.5 Å². The zero-order chi connectivity index (χ0) is 18.2. The highest BCUT2D eigenvalue weighted by Gasteiger charge is 2.23. The van der Waals surface area contributed by atoms with Crippen LogP contribution in [0, 0.1) is 12.8 Å². The fourth-order valence-electron chi connectivity index (χ4n) is 3.04. The van der Waals surface area contributed by atoms with E-state index < -0.39 is 0 Å². The molecule has 2 heterocycles. The van der Waals surface area contributed by atoms with E-state index in [1.165, 1.54) is 10.9 Å². The van der Waals surface area contributed by atoms with Crippen LogP contribution in [0.4, 0.5) is 0 Å². The second-order valence-corrected chi connectivity index (χ2v) is 8.02. The molecule has 0 spiro atoms. The summed E-state index contributed by atoms with van der Waals surface area (Å²) in [7, 11) is 0. The third kappa shape index (κ3) is 3.61. The first-order chi connectivity index (χ1) is 11.8. The molecule has 0 fully saturated rings. The van der Waals surface area contributed by atoms with Crippen molar-refractivity contribution in [1.82, 2.24) is 20.3 Å². The van der Waals surface area contributed by atoms with Gasteiger partial charge in [-0.05, 0) is 45.2 Å². The zero-order valence-electron chi connectivity index (χ0n) is 16.0. The van der Waals surface area contributed by atoms with Crippen LogP contribution in [-0.4, -0.2) is 15.0 Å².